The Labute approximate surface area is 82.5 Å². The quantitative estimate of drug-likeness (QED) is 0.444. The van der Waals surface area contributed by atoms with Crippen LogP contribution in [0.25, 0.3) is 0 Å². The van der Waals surface area contributed by atoms with Crippen LogP contribution in [0.3, 0.4) is 0 Å². The molecule has 0 saturated carbocycles. The number of hydrogen-bond donors (Lipinski definition) is 0. The molecule has 62 valence electrons. The van der Waals surface area contributed by atoms with Gasteiger partial charge in [0, 0.05) is 10.6 Å². The van der Waals surface area contributed by atoms with Crippen LogP contribution in [-0.2, 0) is 0 Å². The van der Waals surface area contributed by atoms with Crippen LogP contribution in [0.5, 0.6) is 0 Å². The van der Waals surface area contributed by atoms with Crippen LogP contribution >= 0.6 is 23.2 Å². The zero-order chi connectivity index (χ0) is 8.97. The highest BCUT2D eigenvalue weighted by atomic mass is 35.5. The molecule has 0 radical (unpaired) electrons. The first-order valence-corrected chi connectivity index (χ1v) is 4.45. The molecule has 0 heterocycles. The topological polar surface area (TPSA) is 0 Å². The van der Waals surface area contributed by atoms with E-state index in [1.165, 1.54) is 0 Å². The first-order chi connectivity index (χ1) is 5.72. The van der Waals surface area contributed by atoms with E-state index in [1.54, 1.807) is 0 Å². The van der Waals surface area contributed by atoms with Crippen molar-refractivity contribution in [3.63, 3.8) is 0 Å². The van der Waals surface area contributed by atoms with E-state index in [2.05, 4.69) is 11.8 Å². The maximum atomic E-state index is 5.83. The van der Waals surface area contributed by atoms with Gasteiger partial charge in [-0.15, -0.1) is 11.6 Å². The van der Waals surface area contributed by atoms with Gasteiger partial charge in [-0.1, -0.05) is 23.4 Å². The predicted molar refractivity (Wildman–Crippen MR) is 53.8 cm³/mol. The molecule has 0 N–H and O–H groups in total. The van der Waals surface area contributed by atoms with Crippen molar-refractivity contribution >= 4 is 23.2 Å². The van der Waals surface area contributed by atoms with E-state index in [9.17, 15) is 0 Å². The summed E-state index contributed by atoms with van der Waals surface area (Å²) in [5, 5.41) is 0.717. The molecule has 0 aliphatic heterocycles. The van der Waals surface area contributed by atoms with Gasteiger partial charge in [-0.3, -0.25) is 0 Å². The zero-order valence-electron chi connectivity index (χ0n) is 6.70. The van der Waals surface area contributed by atoms with Gasteiger partial charge in [0.05, 0.1) is 5.88 Å². The van der Waals surface area contributed by atoms with Crippen molar-refractivity contribution < 1.29 is 0 Å². The highest BCUT2D eigenvalue weighted by molar-refractivity contribution is 6.30. The average Bonchev–Trinajstić information content (AvgIpc) is 1.99. The first kappa shape index (κ1) is 9.45. The molecule has 0 fully saturated rings. The molecular formula is C10H8Cl2. The Balaban J connectivity index is 3.01. The van der Waals surface area contributed by atoms with Crippen molar-refractivity contribution in [1.29, 1.82) is 0 Å². The van der Waals surface area contributed by atoms with Crippen LogP contribution in [0.2, 0.25) is 5.02 Å². The average molecular weight is 199 g/mol. The molecule has 2 heteroatoms. The van der Waals surface area contributed by atoms with Gasteiger partial charge >= 0.3 is 0 Å². The summed E-state index contributed by atoms with van der Waals surface area (Å²) in [7, 11) is 0. The molecule has 0 nitrogen and oxygen atoms in total. The Bertz CT molecular complexity index is 311. The summed E-state index contributed by atoms with van der Waals surface area (Å²) in [5.74, 6) is 6.04. The molecule has 0 saturated heterocycles. The van der Waals surface area contributed by atoms with Gasteiger partial charge < -0.3 is 0 Å². The molecule has 1 aromatic carbocycles. The van der Waals surface area contributed by atoms with Crippen LogP contribution < -0.4 is 0 Å². The summed E-state index contributed by atoms with van der Waals surface area (Å²) in [6.45, 7) is 1.98. The third-order valence-electron chi connectivity index (χ3n) is 1.34. The van der Waals surface area contributed by atoms with Gasteiger partial charge in [0.15, 0.2) is 0 Å². The van der Waals surface area contributed by atoms with Crippen molar-refractivity contribution in [2.24, 2.45) is 0 Å². The van der Waals surface area contributed by atoms with Gasteiger partial charge in [-0.25, -0.2) is 0 Å². The molecule has 0 atom stereocenters. The maximum Gasteiger partial charge on any atom is 0.0839 e. The van der Waals surface area contributed by atoms with Gasteiger partial charge in [-0.2, -0.15) is 0 Å². The summed E-state index contributed by atoms with van der Waals surface area (Å²) in [6.07, 6.45) is 0. The smallest absolute Gasteiger partial charge is 0.0839 e. The Morgan fingerprint density at radius 3 is 2.67 bits per heavy atom. The predicted octanol–water partition coefficient (Wildman–Crippen LogP) is 3.24. The summed E-state index contributed by atoms with van der Waals surface area (Å²) in [6, 6.07) is 5.70. The lowest BCUT2D eigenvalue weighted by molar-refractivity contribution is 1.45. The highest BCUT2D eigenvalue weighted by Crippen LogP contribution is 2.13. The third kappa shape index (κ3) is 2.77. The van der Waals surface area contributed by atoms with E-state index >= 15 is 0 Å². The molecule has 0 bridgehead atoms. The van der Waals surface area contributed by atoms with Gasteiger partial charge in [-0.05, 0) is 30.7 Å². The molecule has 12 heavy (non-hydrogen) atoms. The lowest BCUT2D eigenvalue weighted by Crippen LogP contribution is -1.78. The second kappa shape index (κ2) is 4.40. The third-order valence-corrected chi connectivity index (χ3v) is 1.69. The molecule has 1 aromatic rings. The van der Waals surface area contributed by atoms with Crippen LogP contribution in [0.4, 0.5) is 0 Å². The number of alkyl halides is 1. The standard InChI is InChI=1S/C10H8Cl2/c1-8-5-9(3-2-4-11)7-10(12)6-8/h5-7H,4H2,1H3. The normalized spacial score (nSPS) is 8.92. The fraction of sp³-hybridized carbons (Fsp3) is 0.200. The minimum atomic E-state index is 0.353. The summed E-state index contributed by atoms with van der Waals surface area (Å²) in [5.41, 5.74) is 2.03. The molecule has 0 aliphatic rings. The number of halogens is 2. The SMILES string of the molecule is Cc1cc(Cl)cc(C#CCCl)c1. The lowest BCUT2D eigenvalue weighted by atomic mass is 10.1. The van der Waals surface area contributed by atoms with Crippen LogP contribution in [-0.4, -0.2) is 5.88 Å². The van der Waals surface area contributed by atoms with Gasteiger partial charge in [0.25, 0.3) is 0 Å². The van der Waals surface area contributed by atoms with E-state index < -0.39 is 0 Å². The number of rotatable bonds is 0. The monoisotopic (exact) mass is 198 g/mol. The van der Waals surface area contributed by atoms with Crippen molar-refractivity contribution in [3.05, 3.63) is 34.3 Å². The summed E-state index contributed by atoms with van der Waals surface area (Å²) in [4.78, 5) is 0. The van der Waals surface area contributed by atoms with Gasteiger partial charge in [0.2, 0.25) is 0 Å². The van der Waals surface area contributed by atoms with Gasteiger partial charge in [0.1, 0.15) is 0 Å². The molecule has 0 spiro atoms. The fourth-order valence-electron chi connectivity index (χ4n) is 0.944. The van der Waals surface area contributed by atoms with E-state index in [4.69, 9.17) is 23.2 Å². The van der Waals surface area contributed by atoms with Crippen molar-refractivity contribution in [1.82, 2.24) is 0 Å². The summed E-state index contributed by atoms with van der Waals surface area (Å²) < 4.78 is 0. The molecular weight excluding hydrogens is 191 g/mol. The Kier molecular flexibility index (Phi) is 3.47. The number of benzene rings is 1. The highest BCUT2D eigenvalue weighted by Gasteiger charge is 1.92. The summed E-state index contributed by atoms with van der Waals surface area (Å²) >= 11 is 11.3. The molecule has 1 rings (SSSR count). The Morgan fingerprint density at radius 1 is 1.33 bits per heavy atom. The molecule has 0 aromatic heterocycles. The van der Waals surface area contributed by atoms with Crippen LogP contribution in [0, 0.1) is 18.8 Å². The molecule has 0 unspecified atom stereocenters. The van der Waals surface area contributed by atoms with Crippen molar-refractivity contribution in [3.8, 4) is 11.8 Å². The van der Waals surface area contributed by atoms with E-state index in [1.807, 2.05) is 25.1 Å². The molecule has 0 aliphatic carbocycles. The second-order valence-corrected chi connectivity index (χ2v) is 3.16. The minimum absolute atomic E-state index is 0.353. The minimum Gasteiger partial charge on any atom is -0.113 e. The maximum absolute atomic E-state index is 5.83. The second-order valence-electron chi connectivity index (χ2n) is 2.45. The van der Waals surface area contributed by atoms with E-state index in [0.717, 1.165) is 11.1 Å². The lowest BCUT2D eigenvalue weighted by Gasteiger charge is -1.95. The zero-order valence-corrected chi connectivity index (χ0v) is 8.21. The Hall–Kier alpha value is -0.640. The van der Waals surface area contributed by atoms with E-state index in [0.29, 0.717) is 10.9 Å². The first-order valence-electron chi connectivity index (χ1n) is 3.54. The molecule has 0 amide bonds. The fourth-order valence-corrected chi connectivity index (χ4v) is 1.30. The Morgan fingerprint density at radius 2 is 2.08 bits per heavy atom. The van der Waals surface area contributed by atoms with Crippen molar-refractivity contribution in [2.75, 3.05) is 5.88 Å². The largest absolute Gasteiger partial charge is 0.113 e. The number of hydrogen-bond acceptors (Lipinski definition) is 0. The van der Waals surface area contributed by atoms with E-state index in [-0.39, 0.29) is 0 Å². The van der Waals surface area contributed by atoms with Crippen molar-refractivity contribution in [2.45, 2.75) is 6.92 Å². The van der Waals surface area contributed by atoms with Crippen LogP contribution in [0.15, 0.2) is 18.2 Å². The van der Waals surface area contributed by atoms with Crippen LogP contribution in [0.1, 0.15) is 11.1 Å². The number of aryl methyl sites for hydroxylation is 1.